The van der Waals surface area contributed by atoms with Gasteiger partial charge in [-0.3, -0.25) is 4.79 Å². The zero-order chi connectivity index (χ0) is 16.1. The maximum absolute atomic E-state index is 12.6. The van der Waals surface area contributed by atoms with Crippen LogP contribution < -0.4 is 4.74 Å². The smallest absolute Gasteiger partial charge is 0.290 e. The lowest BCUT2D eigenvalue weighted by Crippen LogP contribution is -2.57. The molecule has 0 radical (unpaired) electrons. The lowest BCUT2D eigenvalue weighted by atomic mass is 10.0. The zero-order valence-electron chi connectivity index (χ0n) is 12.9. The predicted molar refractivity (Wildman–Crippen MR) is 77.8 cm³/mol. The molecule has 2 rings (SSSR count). The summed E-state index contributed by atoms with van der Waals surface area (Å²) in [7, 11) is 0. The molecule has 7 heteroatoms. The molecule has 0 aromatic carbocycles. The topological polar surface area (TPSA) is 92.4 Å². The summed E-state index contributed by atoms with van der Waals surface area (Å²) in [5.74, 6) is 0.0708. The third-order valence-corrected chi connectivity index (χ3v) is 3.57. The van der Waals surface area contributed by atoms with Crippen LogP contribution in [0, 0.1) is 0 Å². The first-order valence-electron chi connectivity index (χ1n) is 7.56. The quantitative estimate of drug-likeness (QED) is 0.801. The summed E-state index contributed by atoms with van der Waals surface area (Å²) in [5.41, 5.74) is 0. The first kappa shape index (κ1) is 16.8. The molecule has 0 unspecified atom stereocenters. The molecule has 1 aliphatic heterocycles. The SMILES string of the molecule is CCCN(C(=O)c1ccc(OCC)o1)[C@@H]1COC[C@@H](O)[C@H]1O. The van der Waals surface area contributed by atoms with Gasteiger partial charge in [0.2, 0.25) is 0 Å². The van der Waals surface area contributed by atoms with E-state index < -0.39 is 18.2 Å². The number of carbonyl (C=O) groups is 1. The highest BCUT2D eigenvalue weighted by atomic mass is 16.6. The number of furan rings is 1. The Balaban J connectivity index is 2.16. The first-order chi connectivity index (χ1) is 10.6. The highest BCUT2D eigenvalue weighted by Crippen LogP contribution is 2.22. The Labute approximate surface area is 129 Å². The Morgan fingerprint density at radius 2 is 2.14 bits per heavy atom. The molecule has 0 spiro atoms. The van der Waals surface area contributed by atoms with E-state index in [0.29, 0.717) is 19.6 Å². The standard InChI is InChI=1S/C15H23NO6/c1-3-7-16(10-8-20-9-11(17)14(10)18)15(19)12-5-6-13(22-12)21-4-2/h5-6,10-11,14,17-18H,3-4,7-9H2,1-2H3/t10-,11-,14+/m1/s1. The van der Waals surface area contributed by atoms with Crippen molar-refractivity contribution in [1.29, 1.82) is 0 Å². The summed E-state index contributed by atoms with van der Waals surface area (Å²) >= 11 is 0. The van der Waals surface area contributed by atoms with Crippen LogP contribution in [0.5, 0.6) is 5.95 Å². The van der Waals surface area contributed by atoms with Crippen molar-refractivity contribution < 1.29 is 28.9 Å². The summed E-state index contributed by atoms with van der Waals surface area (Å²) in [5, 5.41) is 19.9. The van der Waals surface area contributed by atoms with E-state index in [-0.39, 0.29) is 30.8 Å². The molecule has 1 aromatic heterocycles. The van der Waals surface area contributed by atoms with Crippen molar-refractivity contribution in [2.24, 2.45) is 0 Å². The van der Waals surface area contributed by atoms with E-state index in [0.717, 1.165) is 0 Å². The molecule has 7 nitrogen and oxygen atoms in total. The largest absolute Gasteiger partial charge is 0.465 e. The summed E-state index contributed by atoms with van der Waals surface area (Å²) in [6, 6.07) is 2.53. The van der Waals surface area contributed by atoms with Crippen molar-refractivity contribution in [2.45, 2.75) is 38.5 Å². The van der Waals surface area contributed by atoms with Gasteiger partial charge >= 0.3 is 0 Å². The minimum atomic E-state index is -1.04. The molecule has 22 heavy (non-hydrogen) atoms. The molecule has 1 aromatic rings. The van der Waals surface area contributed by atoms with E-state index in [1.54, 1.807) is 12.1 Å². The van der Waals surface area contributed by atoms with Crippen molar-refractivity contribution >= 4 is 5.91 Å². The second kappa shape index (κ2) is 7.62. The Morgan fingerprint density at radius 1 is 1.36 bits per heavy atom. The lowest BCUT2D eigenvalue weighted by Gasteiger charge is -2.39. The van der Waals surface area contributed by atoms with Gasteiger partial charge in [-0.05, 0) is 19.4 Å². The van der Waals surface area contributed by atoms with Gasteiger partial charge < -0.3 is 29.0 Å². The number of aliphatic hydroxyl groups is 2. The molecule has 2 N–H and O–H groups in total. The molecule has 0 saturated carbocycles. The van der Waals surface area contributed by atoms with Crippen LogP contribution in [0.2, 0.25) is 0 Å². The second-order valence-corrected chi connectivity index (χ2v) is 5.21. The van der Waals surface area contributed by atoms with Crippen LogP contribution in [-0.2, 0) is 4.74 Å². The molecular weight excluding hydrogens is 290 g/mol. The number of ether oxygens (including phenoxy) is 2. The molecule has 124 valence electrons. The monoisotopic (exact) mass is 313 g/mol. The number of hydrogen-bond acceptors (Lipinski definition) is 6. The van der Waals surface area contributed by atoms with Crippen LogP contribution in [0.25, 0.3) is 0 Å². The Morgan fingerprint density at radius 3 is 2.82 bits per heavy atom. The normalized spacial score (nSPS) is 25.0. The molecule has 0 aliphatic carbocycles. The highest BCUT2D eigenvalue weighted by molar-refractivity contribution is 5.92. The number of carbonyl (C=O) groups excluding carboxylic acids is 1. The van der Waals surface area contributed by atoms with Crippen LogP contribution in [0.4, 0.5) is 0 Å². The Kier molecular flexibility index (Phi) is 5.82. The minimum absolute atomic E-state index is 0.0705. The maximum atomic E-state index is 12.6. The molecular formula is C15H23NO6. The van der Waals surface area contributed by atoms with Crippen LogP contribution in [-0.4, -0.2) is 65.6 Å². The first-order valence-corrected chi connectivity index (χ1v) is 7.56. The van der Waals surface area contributed by atoms with Crippen LogP contribution in [0.15, 0.2) is 16.5 Å². The summed E-state index contributed by atoms with van der Waals surface area (Å²) in [6.45, 7) is 4.89. The van der Waals surface area contributed by atoms with Gasteiger partial charge in [0.15, 0.2) is 5.76 Å². The Hall–Kier alpha value is -1.57. The van der Waals surface area contributed by atoms with Crippen molar-refractivity contribution in [3.63, 3.8) is 0 Å². The van der Waals surface area contributed by atoms with Crippen LogP contribution in [0.3, 0.4) is 0 Å². The fraction of sp³-hybridized carbons (Fsp3) is 0.667. The fourth-order valence-corrected chi connectivity index (χ4v) is 2.49. The van der Waals surface area contributed by atoms with Crippen molar-refractivity contribution in [2.75, 3.05) is 26.4 Å². The molecule has 1 fully saturated rings. The summed E-state index contributed by atoms with van der Waals surface area (Å²) in [6.07, 6.45) is -1.32. The molecule has 2 heterocycles. The van der Waals surface area contributed by atoms with Crippen molar-refractivity contribution in [3.05, 3.63) is 17.9 Å². The van der Waals surface area contributed by atoms with Gasteiger partial charge in [-0.1, -0.05) is 6.92 Å². The zero-order valence-corrected chi connectivity index (χ0v) is 12.9. The Bertz CT molecular complexity index is 488. The van der Waals surface area contributed by atoms with Crippen molar-refractivity contribution in [1.82, 2.24) is 4.90 Å². The third-order valence-electron chi connectivity index (χ3n) is 3.57. The number of amides is 1. The average molecular weight is 313 g/mol. The third kappa shape index (κ3) is 3.60. The highest BCUT2D eigenvalue weighted by Gasteiger charge is 2.38. The minimum Gasteiger partial charge on any atom is -0.465 e. The molecule has 0 bridgehead atoms. The second-order valence-electron chi connectivity index (χ2n) is 5.21. The van der Waals surface area contributed by atoms with E-state index in [9.17, 15) is 15.0 Å². The predicted octanol–water partition coefficient (Wildman–Crippen LogP) is 0.651. The van der Waals surface area contributed by atoms with Gasteiger partial charge in [0.25, 0.3) is 11.9 Å². The van der Waals surface area contributed by atoms with Gasteiger partial charge in [-0.15, -0.1) is 0 Å². The fourth-order valence-electron chi connectivity index (χ4n) is 2.49. The van der Waals surface area contributed by atoms with Crippen LogP contribution in [0.1, 0.15) is 30.8 Å². The van der Waals surface area contributed by atoms with Gasteiger partial charge in [-0.25, -0.2) is 0 Å². The molecule has 1 saturated heterocycles. The summed E-state index contributed by atoms with van der Waals surface area (Å²) < 4.78 is 15.8. The van der Waals surface area contributed by atoms with Crippen LogP contribution >= 0.6 is 0 Å². The molecule has 1 amide bonds. The van der Waals surface area contributed by atoms with E-state index in [1.807, 2.05) is 13.8 Å². The van der Waals surface area contributed by atoms with E-state index in [2.05, 4.69) is 0 Å². The summed E-state index contributed by atoms with van der Waals surface area (Å²) in [4.78, 5) is 14.1. The average Bonchev–Trinajstić information content (AvgIpc) is 2.96. The number of rotatable bonds is 6. The number of nitrogens with zero attached hydrogens (tertiary/aromatic N) is 1. The van der Waals surface area contributed by atoms with E-state index in [4.69, 9.17) is 13.9 Å². The maximum Gasteiger partial charge on any atom is 0.290 e. The molecule has 1 aliphatic rings. The van der Waals surface area contributed by atoms with Gasteiger partial charge in [-0.2, -0.15) is 0 Å². The van der Waals surface area contributed by atoms with Crippen molar-refractivity contribution in [3.8, 4) is 5.95 Å². The number of aliphatic hydroxyl groups excluding tert-OH is 2. The van der Waals surface area contributed by atoms with E-state index >= 15 is 0 Å². The number of hydrogen-bond donors (Lipinski definition) is 2. The lowest BCUT2D eigenvalue weighted by molar-refractivity contribution is -0.125. The van der Waals surface area contributed by atoms with Gasteiger partial charge in [0.1, 0.15) is 12.2 Å². The van der Waals surface area contributed by atoms with Gasteiger partial charge in [0, 0.05) is 12.6 Å². The van der Waals surface area contributed by atoms with Gasteiger partial charge in [0.05, 0.1) is 25.9 Å². The van der Waals surface area contributed by atoms with E-state index in [1.165, 1.54) is 4.90 Å². The molecule has 3 atom stereocenters.